The summed E-state index contributed by atoms with van der Waals surface area (Å²) in [5.74, 6) is 1.27. The maximum absolute atomic E-state index is 13.1. The van der Waals surface area contributed by atoms with E-state index in [0.717, 1.165) is 18.4 Å². The molecule has 0 amide bonds. The van der Waals surface area contributed by atoms with Crippen LogP contribution in [0.15, 0.2) is 33.8 Å². The number of H-pyrrole nitrogens is 1. The molecule has 1 aliphatic rings. The maximum atomic E-state index is 13.1. The molecule has 0 unspecified atom stereocenters. The largest absolute Gasteiger partial charge is 0.419 e. The monoisotopic (exact) mass is 401 g/mol. The van der Waals surface area contributed by atoms with Gasteiger partial charge in [0.05, 0.1) is 0 Å². The standard InChI is InChI=1S/C19H23N5O3S/c1-11-16(19-23-22-18(27-19)14-6-4-7-14)21-13(3)17(11)28(25,26)24-12(2)15-8-5-9-20-10-15/h5,8-10,12,14,21,24H,4,6-7H2,1-3H3/t12-/m1/s1. The van der Waals surface area contributed by atoms with Crippen molar-refractivity contribution in [2.75, 3.05) is 0 Å². The number of aromatic amines is 1. The molecule has 0 aromatic carbocycles. The molecule has 3 aromatic rings. The topological polar surface area (TPSA) is 114 Å². The zero-order valence-electron chi connectivity index (χ0n) is 16.1. The van der Waals surface area contributed by atoms with Crippen LogP contribution in [0.25, 0.3) is 11.6 Å². The molecule has 148 valence electrons. The highest BCUT2D eigenvalue weighted by Crippen LogP contribution is 2.37. The number of rotatable bonds is 6. The molecule has 1 fully saturated rings. The van der Waals surface area contributed by atoms with Crippen LogP contribution in [0.2, 0.25) is 0 Å². The zero-order valence-corrected chi connectivity index (χ0v) is 16.9. The van der Waals surface area contributed by atoms with E-state index in [1.54, 1.807) is 39.2 Å². The van der Waals surface area contributed by atoms with Crippen molar-refractivity contribution in [2.24, 2.45) is 0 Å². The fraction of sp³-hybridized carbons (Fsp3) is 0.421. The number of nitrogens with zero attached hydrogens (tertiary/aromatic N) is 3. The van der Waals surface area contributed by atoms with Crippen molar-refractivity contribution in [1.29, 1.82) is 0 Å². The van der Waals surface area contributed by atoms with Crippen LogP contribution in [0.1, 0.15) is 60.9 Å². The lowest BCUT2D eigenvalue weighted by Crippen LogP contribution is -2.27. The third kappa shape index (κ3) is 3.35. The number of pyridine rings is 1. The van der Waals surface area contributed by atoms with Gasteiger partial charge in [-0.15, -0.1) is 10.2 Å². The molecular weight excluding hydrogens is 378 g/mol. The van der Waals surface area contributed by atoms with Gasteiger partial charge in [-0.3, -0.25) is 4.98 Å². The zero-order chi connectivity index (χ0) is 19.9. The van der Waals surface area contributed by atoms with Crippen molar-refractivity contribution in [3.63, 3.8) is 0 Å². The van der Waals surface area contributed by atoms with Gasteiger partial charge in [0, 0.05) is 30.0 Å². The van der Waals surface area contributed by atoms with Gasteiger partial charge in [-0.1, -0.05) is 12.5 Å². The first-order chi connectivity index (χ1) is 13.4. The number of aryl methyl sites for hydroxylation is 1. The number of aromatic nitrogens is 4. The minimum absolute atomic E-state index is 0.210. The molecule has 0 saturated heterocycles. The van der Waals surface area contributed by atoms with Crippen LogP contribution >= 0.6 is 0 Å². The molecule has 1 saturated carbocycles. The Hall–Kier alpha value is -2.52. The van der Waals surface area contributed by atoms with Gasteiger partial charge >= 0.3 is 0 Å². The van der Waals surface area contributed by atoms with Crippen LogP contribution in [0.5, 0.6) is 0 Å². The number of sulfonamides is 1. The third-order valence-corrected chi connectivity index (χ3v) is 7.08. The molecule has 9 heteroatoms. The summed E-state index contributed by atoms with van der Waals surface area (Å²) < 4.78 is 34.6. The van der Waals surface area contributed by atoms with Gasteiger partial charge < -0.3 is 9.40 Å². The molecule has 0 spiro atoms. The first kappa shape index (κ1) is 18.8. The van der Waals surface area contributed by atoms with Crippen molar-refractivity contribution >= 4 is 10.0 Å². The van der Waals surface area contributed by atoms with Crippen LogP contribution < -0.4 is 4.72 Å². The Kier molecular flexibility index (Phi) is 4.80. The Bertz CT molecular complexity index is 1080. The van der Waals surface area contributed by atoms with Crippen LogP contribution in [-0.2, 0) is 10.0 Å². The molecule has 4 rings (SSSR count). The van der Waals surface area contributed by atoms with Gasteiger partial charge in [-0.2, -0.15) is 0 Å². The van der Waals surface area contributed by atoms with E-state index in [0.29, 0.717) is 34.7 Å². The summed E-state index contributed by atoms with van der Waals surface area (Å²) in [6, 6.07) is 3.20. The number of hydrogen-bond acceptors (Lipinski definition) is 6. The Balaban J connectivity index is 1.63. The Morgan fingerprint density at radius 1 is 1.29 bits per heavy atom. The molecule has 0 radical (unpaired) electrons. The Labute approximate surface area is 163 Å². The smallest absolute Gasteiger partial charge is 0.264 e. The summed E-state index contributed by atoms with van der Waals surface area (Å²) in [6.07, 6.45) is 6.59. The highest BCUT2D eigenvalue weighted by Gasteiger charge is 2.30. The molecule has 1 aliphatic carbocycles. The van der Waals surface area contributed by atoms with Crippen molar-refractivity contribution in [3.05, 3.63) is 47.2 Å². The average molecular weight is 401 g/mol. The van der Waals surface area contributed by atoms with Crippen molar-refractivity contribution in [2.45, 2.75) is 56.9 Å². The molecule has 8 nitrogen and oxygen atoms in total. The van der Waals surface area contributed by atoms with E-state index >= 15 is 0 Å². The van der Waals surface area contributed by atoms with Crippen molar-refractivity contribution in [3.8, 4) is 11.6 Å². The first-order valence-corrected chi connectivity index (χ1v) is 10.8. The van der Waals surface area contributed by atoms with Gasteiger partial charge in [0.15, 0.2) is 0 Å². The van der Waals surface area contributed by atoms with Crippen LogP contribution in [0.4, 0.5) is 0 Å². The van der Waals surface area contributed by atoms with E-state index in [1.807, 2.05) is 6.07 Å². The fourth-order valence-electron chi connectivity index (χ4n) is 3.50. The molecule has 1 atom stereocenters. The van der Waals surface area contributed by atoms with E-state index in [9.17, 15) is 8.42 Å². The van der Waals surface area contributed by atoms with E-state index in [-0.39, 0.29) is 4.90 Å². The lowest BCUT2D eigenvalue weighted by atomic mass is 9.85. The van der Waals surface area contributed by atoms with E-state index in [1.165, 1.54) is 6.42 Å². The highest BCUT2D eigenvalue weighted by molar-refractivity contribution is 7.89. The minimum atomic E-state index is -3.76. The summed E-state index contributed by atoms with van der Waals surface area (Å²) in [5, 5.41) is 8.26. The minimum Gasteiger partial charge on any atom is -0.419 e. The third-order valence-electron chi connectivity index (χ3n) is 5.26. The van der Waals surface area contributed by atoms with Crippen LogP contribution in [0, 0.1) is 13.8 Å². The van der Waals surface area contributed by atoms with E-state index in [4.69, 9.17) is 4.42 Å². The SMILES string of the molecule is Cc1[nH]c(-c2nnc(C3CCC3)o2)c(C)c1S(=O)(=O)N[C@H](C)c1cccnc1. The molecule has 0 bridgehead atoms. The predicted molar refractivity (Wildman–Crippen MR) is 103 cm³/mol. The fourth-order valence-corrected chi connectivity index (χ4v) is 5.18. The summed E-state index contributed by atoms with van der Waals surface area (Å²) in [6.45, 7) is 5.26. The quantitative estimate of drug-likeness (QED) is 0.654. The van der Waals surface area contributed by atoms with Gasteiger partial charge in [-0.05, 0) is 50.8 Å². The molecule has 0 aliphatic heterocycles. The van der Waals surface area contributed by atoms with Crippen LogP contribution in [-0.4, -0.2) is 28.6 Å². The molecular formula is C19H23N5O3S. The summed E-state index contributed by atoms with van der Waals surface area (Å²) >= 11 is 0. The van der Waals surface area contributed by atoms with Crippen molar-refractivity contribution < 1.29 is 12.8 Å². The first-order valence-electron chi connectivity index (χ1n) is 9.32. The summed E-state index contributed by atoms with van der Waals surface area (Å²) in [4.78, 5) is 7.37. The molecule has 2 N–H and O–H groups in total. The van der Waals surface area contributed by atoms with Gasteiger partial charge in [0.25, 0.3) is 5.89 Å². The molecule has 3 heterocycles. The second-order valence-electron chi connectivity index (χ2n) is 7.28. The molecule has 28 heavy (non-hydrogen) atoms. The number of nitrogens with one attached hydrogen (secondary N) is 2. The average Bonchev–Trinajstić information content (AvgIpc) is 3.18. The van der Waals surface area contributed by atoms with Gasteiger partial charge in [0.1, 0.15) is 10.6 Å². The highest BCUT2D eigenvalue weighted by atomic mass is 32.2. The van der Waals surface area contributed by atoms with Crippen LogP contribution in [0.3, 0.4) is 0 Å². The Morgan fingerprint density at radius 2 is 2.07 bits per heavy atom. The lowest BCUT2D eigenvalue weighted by Gasteiger charge is -2.20. The summed E-state index contributed by atoms with van der Waals surface area (Å²) in [7, 11) is -3.76. The van der Waals surface area contributed by atoms with E-state index < -0.39 is 16.1 Å². The van der Waals surface area contributed by atoms with Gasteiger partial charge in [0.2, 0.25) is 15.9 Å². The second-order valence-corrected chi connectivity index (χ2v) is 8.93. The second kappa shape index (κ2) is 7.14. The van der Waals surface area contributed by atoms with Gasteiger partial charge in [-0.25, -0.2) is 13.1 Å². The maximum Gasteiger partial charge on any atom is 0.264 e. The number of hydrogen-bond donors (Lipinski definition) is 2. The summed E-state index contributed by atoms with van der Waals surface area (Å²) in [5.41, 5.74) is 2.43. The molecule has 3 aromatic heterocycles. The predicted octanol–water partition coefficient (Wildman–Crippen LogP) is 3.38. The lowest BCUT2D eigenvalue weighted by molar-refractivity contribution is 0.338. The van der Waals surface area contributed by atoms with E-state index in [2.05, 4.69) is 24.9 Å². The normalized spacial score (nSPS) is 16.1. The van der Waals surface area contributed by atoms with Crippen molar-refractivity contribution in [1.82, 2.24) is 24.9 Å². The Morgan fingerprint density at radius 3 is 2.71 bits per heavy atom.